The minimum atomic E-state index is 0. The van der Waals surface area contributed by atoms with E-state index in [-0.39, 0.29) is 21.1 Å². The molecule has 0 spiro atoms. The van der Waals surface area contributed by atoms with E-state index in [1.54, 1.807) is 11.8 Å². The Hall–Kier alpha value is -0.232. The monoisotopic (exact) mass is 415 g/mol. The third-order valence-corrected chi connectivity index (χ3v) is 3.41. The fraction of sp³-hybridized carbons (Fsp3) is 0.462. The van der Waals surface area contributed by atoms with Gasteiger partial charge in [-0.25, -0.2) is 0 Å². The number of rotatable bonds is 0. The van der Waals surface area contributed by atoms with Crippen molar-refractivity contribution in [1.82, 2.24) is 0 Å². The summed E-state index contributed by atoms with van der Waals surface area (Å²) in [6.45, 7) is 11.2. The van der Waals surface area contributed by atoms with Crippen molar-refractivity contribution >= 4 is 0 Å². The molecule has 18 heavy (non-hydrogen) atoms. The average Bonchev–Trinajstić information content (AvgIpc) is 3.08. The SMILES string of the molecule is C[C]1[CH][C]2[C]([CH]1)C1CCC2C1.[C-]#[O+].[C-]#[O+].[N-]=O.[W]. The minimum Gasteiger partial charge on any atom is -0.577 e. The first-order valence-corrected chi connectivity index (χ1v) is 5.21. The van der Waals surface area contributed by atoms with Crippen LogP contribution in [0.2, 0.25) is 0 Å². The molecule has 0 saturated heterocycles. The van der Waals surface area contributed by atoms with Gasteiger partial charge in [0, 0.05) is 21.1 Å². The van der Waals surface area contributed by atoms with Gasteiger partial charge < -0.3 is 10.5 Å². The van der Waals surface area contributed by atoms with Crippen molar-refractivity contribution in [2.24, 2.45) is 11.8 Å². The van der Waals surface area contributed by atoms with Gasteiger partial charge in [-0.1, -0.05) is 6.92 Å². The van der Waals surface area contributed by atoms with E-state index in [9.17, 15) is 0 Å². The number of nitrogens with zero attached hydrogens (tertiary/aromatic N) is 1. The summed E-state index contributed by atoms with van der Waals surface area (Å²) >= 11 is 0. The Kier molecular flexibility index (Phi) is 11.9. The van der Waals surface area contributed by atoms with Gasteiger partial charge in [0.1, 0.15) is 0 Å². The van der Waals surface area contributed by atoms with Crippen LogP contribution in [0.15, 0.2) is 0 Å². The summed E-state index contributed by atoms with van der Waals surface area (Å²) in [5.74, 6) is 6.76. The molecule has 3 aliphatic carbocycles. The molecule has 0 aliphatic heterocycles. The third-order valence-electron chi connectivity index (χ3n) is 3.41. The molecule has 3 saturated carbocycles. The van der Waals surface area contributed by atoms with E-state index < -0.39 is 0 Å². The molecule has 95 valence electrons. The smallest absolute Gasteiger partial charge is 0 e. The molecule has 3 fully saturated rings. The molecule has 0 heterocycles. The summed E-state index contributed by atoms with van der Waals surface area (Å²) in [4.78, 5) is 7.25. The van der Waals surface area contributed by atoms with Crippen molar-refractivity contribution in [3.05, 3.63) is 54.4 Å². The molecule has 0 aromatic carbocycles. The van der Waals surface area contributed by atoms with Gasteiger partial charge in [-0.3, -0.25) is 0 Å². The Labute approximate surface area is 123 Å². The molecule has 2 bridgehead atoms. The van der Waals surface area contributed by atoms with Crippen LogP contribution in [-0.4, -0.2) is 0 Å². The number of fused-ring (bicyclic) bond motifs is 5. The summed E-state index contributed by atoms with van der Waals surface area (Å²) in [5, 5.41) is 0. The predicted octanol–water partition coefficient (Wildman–Crippen LogP) is 2.83. The second-order valence-corrected chi connectivity index (χ2v) is 4.15. The fourth-order valence-corrected chi connectivity index (χ4v) is 2.95. The normalized spacial score (nSPS) is 28.3. The first-order chi connectivity index (χ1) is 8.34. The van der Waals surface area contributed by atoms with Crippen LogP contribution in [0.1, 0.15) is 26.2 Å². The van der Waals surface area contributed by atoms with Crippen LogP contribution >= 0.6 is 0 Å². The standard InChI is InChI=1S/C11H13.2CO.NO.W/c1-7-4-10-8-2-3-9(6-8)11(10)5-7;3*1-2;/h4-5,8-9H,2-3,6H2,1H3;;;;/q;;;-1;. The maximum Gasteiger partial charge on any atom is 0 e. The Morgan fingerprint density at radius 3 is 1.72 bits per heavy atom. The van der Waals surface area contributed by atoms with Crippen molar-refractivity contribution in [3.63, 3.8) is 0 Å². The molecule has 5 heteroatoms. The molecule has 2 unspecified atom stereocenters. The molecule has 0 aromatic rings. The molecule has 4 nitrogen and oxygen atoms in total. The van der Waals surface area contributed by atoms with Gasteiger partial charge in [0.2, 0.25) is 0 Å². The molecule has 5 radical (unpaired) electrons. The molecule has 3 aliphatic rings. The second-order valence-electron chi connectivity index (χ2n) is 4.15. The quantitative estimate of drug-likeness (QED) is 0.443. The van der Waals surface area contributed by atoms with Gasteiger partial charge in [-0.05, 0) is 61.7 Å². The topological polar surface area (TPSA) is 79.2 Å². The van der Waals surface area contributed by atoms with Gasteiger partial charge in [-0.2, -0.15) is 0 Å². The van der Waals surface area contributed by atoms with Gasteiger partial charge in [0.15, 0.2) is 0 Å². The van der Waals surface area contributed by atoms with Crippen molar-refractivity contribution in [2.45, 2.75) is 26.2 Å². The van der Waals surface area contributed by atoms with Gasteiger partial charge >= 0.3 is 22.6 Å². The Bertz CT molecular complexity index is 245. The molecule has 0 amide bonds. The maximum atomic E-state index is 7.50. The predicted molar refractivity (Wildman–Crippen MR) is 59.4 cm³/mol. The van der Waals surface area contributed by atoms with Crippen molar-refractivity contribution in [1.29, 1.82) is 0 Å². The van der Waals surface area contributed by atoms with Crippen LogP contribution in [0.25, 0.3) is 5.59 Å². The summed E-state index contributed by atoms with van der Waals surface area (Å²) < 4.78 is 15.0. The van der Waals surface area contributed by atoms with E-state index in [0.717, 1.165) is 11.8 Å². The second kappa shape index (κ2) is 10.7. The Balaban J connectivity index is 0. The van der Waals surface area contributed by atoms with Crippen LogP contribution < -0.4 is 0 Å². The molecule has 0 N–H and O–H groups in total. The van der Waals surface area contributed by atoms with Gasteiger partial charge in [0.05, 0.1) is 0 Å². The van der Waals surface area contributed by atoms with Crippen LogP contribution in [-0.2, 0) is 30.4 Å². The van der Waals surface area contributed by atoms with E-state index in [1.807, 2.05) is 0 Å². The van der Waals surface area contributed by atoms with Crippen molar-refractivity contribution in [2.75, 3.05) is 0 Å². The minimum absolute atomic E-state index is 0. The summed E-state index contributed by atoms with van der Waals surface area (Å²) in [6.07, 6.45) is 9.19. The zero-order valence-corrected chi connectivity index (χ0v) is 12.9. The van der Waals surface area contributed by atoms with E-state index in [2.05, 4.69) is 33.1 Å². The summed E-state index contributed by atoms with van der Waals surface area (Å²) in [5.41, 5.74) is 5.75. The Morgan fingerprint density at radius 1 is 1.06 bits per heavy atom. The Morgan fingerprint density at radius 2 is 1.39 bits per heavy atom. The van der Waals surface area contributed by atoms with Crippen LogP contribution in [0.5, 0.6) is 0 Å². The molecule has 2 atom stereocenters. The van der Waals surface area contributed by atoms with Gasteiger partial charge in [-0.15, -0.1) is 0 Å². The van der Waals surface area contributed by atoms with E-state index in [4.69, 9.17) is 19.8 Å². The molecular formula is C13H13NO3W-. The first-order valence-electron chi connectivity index (χ1n) is 5.21. The maximum absolute atomic E-state index is 7.50. The van der Waals surface area contributed by atoms with E-state index in [1.165, 1.54) is 25.2 Å². The van der Waals surface area contributed by atoms with E-state index in [0.29, 0.717) is 0 Å². The summed E-state index contributed by atoms with van der Waals surface area (Å²) in [6, 6.07) is 0. The average molecular weight is 415 g/mol. The zero-order valence-electron chi connectivity index (χ0n) is 10.0. The fourth-order valence-electron chi connectivity index (χ4n) is 2.95. The van der Waals surface area contributed by atoms with Gasteiger partial charge in [0.25, 0.3) is 0 Å². The molecule has 0 aromatic heterocycles. The number of hydrogen-bond acceptors (Lipinski definition) is 1. The first kappa shape index (κ1) is 20.1. The van der Waals surface area contributed by atoms with Crippen molar-refractivity contribution in [3.8, 4) is 0 Å². The third kappa shape index (κ3) is 4.16. The molecule has 3 rings (SSSR count). The molecular weight excluding hydrogens is 402 g/mol. The number of nitroso groups, excluding NO2 is 1. The van der Waals surface area contributed by atoms with Crippen LogP contribution in [0.4, 0.5) is 0 Å². The summed E-state index contributed by atoms with van der Waals surface area (Å²) in [7, 11) is 0. The largest absolute Gasteiger partial charge is 0.577 e. The van der Waals surface area contributed by atoms with Crippen LogP contribution in [0.3, 0.4) is 0 Å². The van der Waals surface area contributed by atoms with Crippen LogP contribution in [0, 0.1) is 60.6 Å². The number of hydrogen-bond donors (Lipinski definition) is 0. The zero-order chi connectivity index (χ0) is 13.4. The van der Waals surface area contributed by atoms with E-state index >= 15 is 0 Å². The van der Waals surface area contributed by atoms with Crippen molar-refractivity contribution < 1.29 is 30.4 Å².